The van der Waals surface area contributed by atoms with Gasteiger partial charge < -0.3 is 28.5 Å². The molecule has 3 amide bonds. The predicted molar refractivity (Wildman–Crippen MR) is 106 cm³/mol. The van der Waals surface area contributed by atoms with Crippen molar-refractivity contribution in [2.24, 2.45) is 0 Å². The molecule has 0 spiro atoms. The van der Waals surface area contributed by atoms with Crippen LogP contribution in [0.1, 0.15) is 26.8 Å². The number of aromatic nitrogens is 1. The van der Waals surface area contributed by atoms with E-state index in [1.54, 1.807) is 63.2 Å². The number of nitrogens with one attached hydrogen (secondary N) is 1. The van der Waals surface area contributed by atoms with E-state index in [0.717, 1.165) is 0 Å². The molecular formula is C21H22N4O5. The van der Waals surface area contributed by atoms with Crippen LogP contribution in [-0.4, -0.2) is 58.3 Å². The number of carbonyl (C=O) groups is 3. The monoisotopic (exact) mass is 410 g/mol. The van der Waals surface area contributed by atoms with E-state index in [2.05, 4.69) is 5.32 Å². The van der Waals surface area contributed by atoms with E-state index in [1.807, 2.05) is 0 Å². The molecule has 3 aromatic heterocycles. The second-order valence-electron chi connectivity index (χ2n) is 6.94. The van der Waals surface area contributed by atoms with Crippen molar-refractivity contribution in [1.82, 2.24) is 19.7 Å². The van der Waals surface area contributed by atoms with Gasteiger partial charge in [-0.3, -0.25) is 14.4 Å². The minimum atomic E-state index is -0.217. The lowest BCUT2D eigenvalue weighted by Crippen LogP contribution is -2.50. The summed E-state index contributed by atoms with van der Waals surface area (Å²) >= 11 is 0. The first-order valence-electron chi connectivity index (χ1n) is 9.68. The van der Waals surface area contributed by atoms with Crippen molar-refractivity contribution in [3.05, 3.63) is 72.3 Å². The maximum atomic E-state index is 12.9. The Morgan fingerprint density at radius 3 is 2.23 bits per heavy atom. The minimum Gasteiger partial charge on any atom is -0.467 e. The first-order chi connectivity index (χ1) is 14.6. The van der Waals surface area contributed by atoms with Gasteiger partial charge in [0.15, 0.2) is 5.76 Å². The third kappa shape index (κ3) is 4.29. The van der Waals surface area contributed by atoms with Gasteiger partial charge in [-0.05, 0) is 36.4 Å². The fraction of sp³-hybridized carbons (Fsp3) is 0.286. The van der Waals surface area contributed by atoms with Crippen LogP contribution in [0.4, 0.5) is 0 Å². The molecule has 4 rings (SSSR count). The molecule has 1 N–H and O–H groups in total. The quantitative estimate of drug-likeness (QED) is 0.665. The van der Waals surface area contributed by atoms with Crippen LogP contribution in [0, 0.1) is 0 Å². The number of rotatable bonds is 6. The zero-order chi connectivity index (χ0) is 20.9. The van der Waals surface area contributed by atoms with Crippen molar-refractivity contribution in [3.63, 3.8) is 0 Å². The van der Waals surface area contributed by atoms with Gasteiger partial charge in [-0.1, -0.05) is 0 Å². The summed E-state index contributed by atoms with van der Waals surface area (Å²) < 4.78 is 12.0. The Bertz CT molecular complexity index is 998. The molecule has 0 aliphatic carbocycles. The average molecular weight is 410 g/mol. The highest BCUT2D eigenvalue weighted by molar-refractivity contribution is 5.94. The van der Waals surface area contributed by atoms with E-state index in [-0.39, 0.29) is 24.3 Å². The van der Waals surface area contributed by atoms with Gasteiger partial charge in [-0.15, -0.1) is 0 Å². The maximum absolute atomic E-state index is 12.9. The summed E-state index contributed by atoms with van der Waals surface area (Å²) in [7, 11) is 0. The zero-order valence-electron chi connectivity index (χ0n) is 16.3. The molecular weight excluding hydrogens is 388 g/mol. The number of piperazine rings is 1. The van der Waals surface area contributed by atoms with Crippen molar-refractivity contribution < 1.29 is 23.2 Å². The van der Waals surface area contributed by atoms with Crippen LogP contribution in [0.15, 0.2) is 64.0 Å². The Hall–Kier alpha value is -3.75. The van der Waals surface area contributed by atoms with Gasteiger partial charge >= 0.3 is 0 Å². The van der Waals surface area contributed by atoms with Crippen LogP contribution < -0.4 is 5.32 Å². The van der Waals surface area contributed by atoms with E-state index in [9.17, 15) is 14.4 Å². The molecule has 1 aliphatic heterocycles. The molecule has 156 valence electrons. The lowest BCUT2D eigenvalue weighted by Gasteiger charge is -2.34. The van der Waals surface area contributed by atoms with Crippen LogP contribution in [-0.2, 0) is 17.9 Å². The van der Waals surface area contributed by atoms with Crippen molar-refractivity contribution in [1.29, 1.82) is 0 Å². The van der Waals surface area contributed by atoms with Gasteiger partial charge in [0.1, 0.15) is 18.0 Å². The van der Waals surface area contributed by atoms with Crippen molar-refractivity contribution in [3.8, 4) is 0 Å². The fourth-order valence-corrected chi connectivity index (χ4v) is 3.39. The van der Waals surface area contributed by atoms with E-state index < -0.39 is 0 Å². The zero-order valence-corrected chi connectivity index (χ0v) is 16.3. The lowest BCUT2D eigenvalue weighted by molar-refractivity contribution is -0.121. The molecule has 30 heavy (non-hydrogen) atoms. The number of hydrogen-bond acceptors (Lipinski definition) is 5. The normalized spacial score (nSPS) is 14.0. The molecule has 0 atom stereocenters. The van der Waals surface area contributed by atoms with Gasteiger partial charge in [0.05, 0.1) is 19.1 Å². The van der Waals surface area contributed by atoms with Gasteiger partial charge in [0.25, 0.3) is 11.8 Å². The molecule has 0 radical (unpaired) electrons. The highest BCUT2D eigenvalue weighted by Crippen LogP contribution is 2.13. The van der Waals surface area contributed by atoms with Crippen molar-refractivity contribution >= 4 is 17.7 Å². The highest BCUT2D eigenvalue weighted by atomic mass is 16.3. The van der Waals surface area contributed by atoms with E-state index in [0.29, 0.717) is 49.9 Å². The van der Waals surface area contributed by atoms with Crippen LogP contribution in [0.2, 0.25) is 0 Å². The summed E-state index contributed by atoms with van der Waals surface area (Å²) in [4.78, 5) is 40.9. The van der Waals surface area contributed by atoms with E-state index >= 15 is 0 Å². The van der Waals surface area contributed by atoms with Crippen molar-refractivity contribution in [2.45, 2.75) is 13.1 Å². The third-order valence-electron chi connectivity index (χ3n) is 4.99. The van der Waals surface area contributed by atoms with Crippen LogP contribution >= 0.6 is 0 Å². The fourth-order valence-electron chi connectivity index (χ4n) is 3.39. The first kappa shape index (κ1) is 19.6. The standard InChI is InChI=1S/C21H22N4O5/c26-19(22-14-16-4-2-12-29-16)15-25-7-1-5-17(25)20(27)23-8-10-24(11-9-23)21(28)18-6-3-13-30-18/h1-7,12-13H,8-11,14-15H2,(H,22,26). The largest absolute Gasteiger partial charge is 0.467 e. The van der Waals surface area contributed by atoms with Gasteiger partial charge in [0.2, 0.25) is 5.91 Å². The molecule has 3 aromatic rings. The minimum absolute atomic E-state index is 0.0335. The Morgan fingerprint density at radius 1 is 0.867 bits per heavy atom. The Morgan fingerprint density at radius 2 is 1.57 bits per heavy atom. The second kappa shape index (κ2) is 8.73. The van der Waals surface area contributed by atoms with E-state index in [1.165, 1.54) is 6.26 Å². The number of carbonyl (C=O) groups excluding carboxylic acids is 3. The Kier molecular flexibility index (Phi) is 5.69. The smallest absolute Gasteiger partial charge is 0.289 e. The summed E-state index contributed by atoms with van der Waals surface area (Å²) in [6, 6.07) is 10.3. The second-order valence-corrected chi connectivity index (χ2v) is 6.94. The lowest BCUT2D eigenvalue weighted by atomic mass is 10.2. The number of amides is 3. The summed E-state index contributed by atoms with van der Waals surface area (Å²) in [6.45, 7) is 2.02. The molecule has 1 saturated heterocycles. The number of nitrogens with zero attached hydrogens (tertiary/aromatic N) is 3. The number of hydrogen-bond donors (Lipinski definition) is 1. The third-order valence-corrected chi connectivity index (χ3v) is 4.99. The first-order valence-corrected chi connectivity index (χ1v) is 9.68. The molecule has 0 bridgehead atoms. The molecule has 4 heterocycles. The molecule has 9 nitrogen and oxygen atoms in total. The Labute approximate surface area is 172 Å². The van der Waals surface area contributed by atoms with Gasteiger partial charge in [0, 0.05) is 32.4 Å². The summed E-state index contributed by atoms with van der Waals surface area (Å²) in [5.41, 5.74) is 0.439. The highest BCUT2D eigenvalue weighted by Gasteiger charge is 2.27. The maximum Gasteiger partial charge on any atom is 0.289 e. The van der Waals surface area contributed by atoms with Gasteiger partial charge in [-0.25, -0.2) is 0 Å². The molecule has 0 unspecified atom stereocenters. The topological polar surface area (TPSA) is 101 Å². The average Bonchev–Trinajstić information content (AvgIpc) is 3.54. The predicted octanol–water partition coefficient (Wildman–Crippen LogP) is 1.59. The summed E-state index contributed by atoms with van der Waals surface area (Å²) in [5.74, 6) is 0.400. The molecule has 9 heteroatoms. The van der Waals surface area contributed by atoms with Crippen LogP contribution in [0.3, 0.4) is 0 Å². The molecule has 1 fully saturated rings. The Balaban J connectivity index is 1.32. The van der Waals surface area contributed by atoms with Crippen LogP contribution in [0.5, 0.6) is 0 Å². The summed E-state index contributed by atoms with van der Waals surface area (Å²) in [5, 5.41) is 2.77. The van der Waals surface area contributed by atoms with E-state index in [4.69, 9.17) is 8.83 Å². The molecule has 1 aliphatic rings. The molecule has 0 aromatic carbocycles. The van der Waals surface area contributed by atoms with Crippen LogP contribution in [0.25, 0.3) is 0 Å². The summed E-state index contributed by atoms with van der Waals surface area (Å²) in [6.07, 6.45) is 4.72. The molecule has 0 saturated carbocycles. The number of furan rings is 2. The van der Waals surface area contributed by atoms with Gasteiger partial charge in [-0.2, -0.15) is 0 Å². The SMILES string of the molecule is O=C(Cn1cccc1C(=O)N1CCN(C(=O)c2ccco2)CC1)NCc1ccco1. The van der Waals surface area contributed by atoms with Crippen molar-refractivity contribution in [2.75, 3.05) is 26.2 Å².